The first-order valence-electron chi connectivity index (χ1n) is 4.94. The van der Waals surface area contributed by atoms with Crippen molar-refractivity contribution in [2.75, 3.05) is 0 Å². The molecule has 0 radical (unpaired) electrons. The van der Waals surface area contributed by atoms with Gasteiger partial charge in [-0.25, -0.2) is 13.2 Å². The molecule has 0 bridgehead atoms. The summed E-state index contributed by atoms with van der Waals surface area (Å²) in [7, 11) is 0. The zero-order chi connectivity index (χ0) is 13.4. The molecule has 0 spiro atoms. The van der Waals surface area contributed by atoms with Crippen LogP contribution in [0.4, 0.5) is 13.2 Å². The van der Waals surface area contributed by atoms with E-state index in [0.29, 0.717) is 0 Å². The number of alkyl halides is 1. The molecule has 1 atom stereocenters. The number of hydrogen-bond acceptors (Lipinski definition) is 1. The van der Waals surface area contributed by atoms with Crippen molar-refractivity contribution in [3.63, 3.8) is 0 Å². The van der Waals surface area contributed by atoms with Gasteiger partial charge < -0.3 is 0 Å². The van der Waals surface area contributed by atoms with Crippen LogP contribution in [-0.2, 0) is 0 Å². The van der Waals surface area contributed by atoms with Crippen LogP contribution in [0.5, 0.6) is 0 Å². The van der Waals surface area contributed by atoms with E-state index in [1.807, 2.05) is 13.0 Å². The second-order valence-electron chi connectivity index (χ2n) is 3.73. The van der Waals surface area contributed by atoms with Gasteiger partial charge in [-0.05, 0) is 46.6 Å². The van der Waals surface area contributed by atoms with Crippen molar-refractivity contribution in [1.82, 2.24) is 0 Å². The largest absolute Gasteiger partial charge is 0.204 e. The molecule has 0 amide bonds. The quantitative estimate of drug-likeness (QED) is 0.488. The molecule has 96 valence electrons. The van der Waals surface area contributed by atoms with Crippen molar-refractivity contribution in [3.8, 4) is 0 Å². The van der Waals surface area contributed by atoms with Gasteiger partial charge in [-0.1, -0.05) is 0 Å². The number of rotatable bonds is 2. The second kappa shape index (κ2) is 5.23. The molecule has 0 aliphatic rings. The van der Waals surface area contributed by atoms with Crippen molar-refractivity contribution in [1.29, 1.82) is 0 Å². The van der Waals surface area contributed by atoms with Crippen LogP contribution in [0.15, 0.2) is 22.7 Å². The maximum atomic E-state index is 13.1. The number of hydrogen-bond donors (Lipinski definition) is 0. The van der Waals surface area contributed by atoms with Crippen LogP contribution in [-0.4, -0.2) is 0 Å². The van der Waals surface area contributed by atoms with Crippen molar-refractivity contribution < 1.29 is 13.2 Å². The molecule has 2 aromatic rings. The van der Waals surface area contributed by atoms with Crippen molar-refractivity contribution in [2.45, 2.75) is 12.3 Å². The van der Waals surface area contributed by atoms with Gasteiger partial charge in [-0.3, -0.25) is 0 Å². The smallest absolute Gasteiger partial charge is 0.194 e. The Morgan fingerprint density at radius 2 is 1.72 bits per heavy atom. The molecule has 0 saturated heterocycles. The van der Waals surface area contributed by atoms with Gasteiger partial charge in [0.25, 0.3) is 0 Å². The summed E-state index contributed by atoms with van der Waals surface area (Å²) >= 11 is 10.9. The molecule has 0 N–H and O–H groups in total. The lowest BCUT2D eigenvalue weighted by Crippen LogP contribution is -1.98. The summed E-state index contributed by atoms with van der Waals surface area (Å²) in [6, 6.07) is 3.70. The SMILES string of the molecule is Cc1cc(Br)c(C(Cl)c2cc(F)c(F)c(F)c2)s1. The van der Waals surface area contributed by atoms with Gasteiger partial charge in [0.1, 0.15) is 0 Å². The molecule has 1 unspecified atom stereocenters. The minimum Gasteiger partial charge on any atom is -0.204 e. The third-order valence-electron chi connectivity index (χ3n) is 2.37. The van der Waals surface area contributed by atoms with Crippen LogP contribution in [0.2, 0.25) is 0 Å². The average molecular weight is 356 g/mol. The van der Waals surface area contributed by atoms with E-state index in [1.54, 1.807) is 0 Å². The first kappa shape index (κ1) is 13.9. The molecule has 18 heavy (non-hydrogen) atoms. The molecule has 0 saturated carbocycles. The van der Waals surface area contributed by atoms with Gasteiger partial charge in [0.05, 0.1) is 5.38 Å². The molecule has 0 aliphatic carbocycles. The monoisotopic (exact) mass is 354 g/mol. The van der Waals surface area contributed by atoms with Gasteiger partial charge in [0.2, 0.25) is 0 Å². The number of benzene rings is 1. The van der Waals surface area contributed by atoms with Crippen molar-refractivity contribution >= 4 is 38.9 Å². The van der Waals surface area contributed by atoms with Gasteiger partial charge in [-0.2, -0.15) is 0 Å². The number of halogens is 5. The molecule has 1 aromatic carbocycles. The Balaban J connectivity index is 2.46. The van der Waals surface area contributed by atoms with E-state index in [4.69, 9.17) is 11.6 Å². The molecule has 2 rings (SSSR count). The minimum atomic E-state index is -1.48. The highest BCUT2D eigenvalue weighted by molar-refractivity contribution is 9.10. The fourth-order valence-electron chi connectivity index (χ4n) is 1.55. The summed E-state index contributed by atoms with van der Waals surface area (Å²) in [6.45, 7) is 1.90. The van der Waals surface area contributed by atoms with Gasteiger partial charge >= 0.3 is 0 Å². The average Bonchev–Trinajstić information content (AvgIpc) is 2.63. The van der Waals surface area contributed by atoms with E-state index < -0.39 is 22.8 Å². The van der Waals surface area contributed by atoms with E-state index in [-0.39, 0.29) is 5.56 Å². The van der Waals surface area contributed by atoms with Crippen LogP contribution in [0.3, 0.4) is 0 Å². The van der Waals surface area contributed by atoms with Crippen molar-refractivity contribution in [2.24, 2.45) is 0 Å². The maximum absolute atomic E-state index is 13.1. The highest BCUT2D eigenvalue weighted by Gasteiger charge is 2.20. The highest BCUT2D eigenvalue weighted by Crippen LogP contribution is 2.39. The molecule has 1 heterocycles. The second-order valence-corrected chi connectivity index (χ2v) is 6.31. The Kier molecular flexibility index (Phi) is 4.04. The van der Waals surface area contributed by atoms with Crippen LogP contribution >= 0.6 is 38.9 Å². The van der Waals surface area contributed by atoms with Gasteiger partial charge in [0, 0.05) is 14.2 Å². The highest BCUT2D eigenvalue weighted by atomic mass is 79.9. The fourth-order valence-corrected chi connectivity index (χ4v) is 3.94. The molecular formula is C12H7BrClF3S. The summed E-state index contributed by atoms with van der Waals surface area (Å²) in [5.41, 5.74) is 0.190. The standard InChI is InChI=1S/C12H7BrClF3S/c1-5-2-7(13)12(18-5)10(14)6-3-8(15)11(17)9(16)4-6/h2-4,10H,1H3. The van der Waals surface area contributed by atoms with E-state index in [9.17, 15) is 13.2 Å². The molecular weight excluding hydrogens is 349 g/mol. The van der Waals surface area contributed by atoms with Gasteiger partial charge in [-0.15, -0.1) is 22.9 Å². The molecule has 6 heteroatoms. The lowest BCUT2D eigenvalue weighted by molar-refractivity contribution is 0.445. The Hall–Kier alpha value is -0.520. The topological polar surface area (TPSA) is 0 Å². The summed E-state index contributed by atoms with van der Waals surface area (Å²) in [5.74, 6) is -3.95. The third-order valence-corrected chi connectivity index (χ3v) is 5.00. The van der Waals surface area contributed by atoms with E-state index in [1.165, 1.54) is 11.3 Å². The Labute approximate surface area is 120 Å². The fraction of sp³-hybridized carbons (Fsp3) is 0.167. The Morgan fingerprint density at radius 1 is 1.17 bits per heavy atom. The third kappa shape index (κ3) is 2.58. The van der Waals surface area contributed by atoms with E-state index in [2.05, 4.69) is 15.9 Å². The first-order chi connectivity index (χ1) is 8.40. The Bertz CT molecular complexity index is 574. The minimum absolute atomic E-state index is 0.190. The first-order valence-corrected chi connectivity index (χ1v) is 6.99. The number of aryl methyl sites for hydroxylation is 1. The van der Waals surface area contributed by atoms with Crippen LogP contribution < -0.4 is 0 Å². The molecule has 0 aliphatic heterocycles. The zero-order valence-corrected chi connectivity index (χ0v) is 12.3. The molecule has 1 aromatic heterocycles. The lowest BCUT2D eigenvalue weighted by atomic mass is 10.1. The van der Waals surface area contributed by atoms with Crippen LogP contribution in [0.1, 0.15) is 20.7 Å². The summed E-state index contributed by atoms with van der Waals surface area (Å²) in [4.78, 5) is 1.75. The summed E-state index contributed by atoms with van der Waals surface area (Å²) < 4.78 is 39.9. The normalized spacial score (nSPS) is 12.8. The summed E-state index contributed by atoms with van der Waals surface area (Å²) in [5, 5.41) is -0.720. The van der Waals surface area contributed by atoms with Gasteiger partial charge in [0.15, 0.2) is 17.5 Å². The molecule has 0 nitrogen and oxygen atoms in total. The maximum Gasteiger partial charge on any atom is 0.194 e. The van der Waals surface area contributed by atoms with Crippen LogP contribution in [0.25, 0.3) is 0 Å². The zero-order valence-electron chi connectivity index (χ0n) is 9.11. The van der Waals surface area contributed by atoms with E-state index >= 15 is 0 Å². The lowest BCUT2D eigenvalue weighted by Gasteiger charge is -2.09. The predicted octanol–water partition coefficient (Wildman–Crippen LogP) is 5.56. The van der Waals surface area contributed by atoms with Crippen LogP contribution in [0, 0.1) is 24.4 Å². The summed E-state index contributed by atoms with van der Waals surface area (Å²) in [6.07, 6.45) is 0. The Morgan fingerprint density at radius 3 is 2.17 bits per heavy atom. The van der Waals surface area contributed by atoms with E-state index in [0.717, 1.165) is 26.4 Å². The molecule has 0 fully saturated rings. The van der Waals surface area contributed by atoms with Crippen molar-refractivity contribution in [3.05, 3.63) is 55.4 Å². The predicted molar refractivity (Wildman–Crippen MR) is 70.8 cm³/mol. The number of thiophene rings is 1.